The second-order valence-corrected chi connectivity index (χ2v) is 6.15. The van der Waals surface area contributed by atoms with Crippen LogP contribution in [0.3, 0.4) is 0 Å². The number of pyridine rings is 1. The molecule has 1 amide bonds. The minimum absolute atomic E-state index is 0.475. The summed E-state index contributed by atoms with van der Waals surface area (Å²) in [5.74, 6) is 1.04. The predicted octanol–water partition coefficient (Wildman–Crippen LogP) is 2.90. The van der Waals surface area contributed by atoms with Gasteiger partial charge in [0.15, 0.2) is 0 Å². The van der Waals surface area contributed by atoms with Crippen molar-refractivity contribution in [2.75, 3.05) is 18.4 Å². The molecule has 1 aromatic rings. The molecule has 20 heavy (non-hydrogen) atoms. The third-order valence-corrected chi connectivity index (χ3v) is 3.18. The van der Waals surface area contributed by atoms with Gasteiger partial charge in [-0.2, -0.15) is 0 Å². The number of hydrogen-bond acceptors (Lipinski definition) is 4. The molecule has 2 rings (SSSR count). The molecular formula is C15H23N3O2. The molecule has 2 heterocycles. The van der Waals surface area contributed by atoms with Crippen molar-refractivity contribution in [3.05, 3.63) is 23.9 Å². The first-order valence-electron chi connectivity index (χ1n) is 7.11. The summed E-state index contributed by atoms with van der Waals surface area (Å²) in [6.07, 6.45) is 3.75. The summed E-state index contributed by atoms with van der Waals surface area (Å²) in [4.78, 5) is 15.9. The largest absolute Gasteiger partial charge is 0.444 e. The van der Waals surface area contributed by atoms with E-state index in [9.17, 15) is 4.79 Å². The van der Waals surface area contributed by atoms with Crippen molar-refractivity contribution < 1.29 is 9.53 Å². The molecular weight excluding hydrogens is 254 g/mol. The van der Waals surface area contributed by atoms with Crippen LogP contribution in [0.4, 0.5) is 10.6 Å². The quantitative estimate of drug-likeness (QED) is 0.872. The molecule has 0 radical (unpaired) electrons. The summed E-state index contributed by atoms with van der Waals surface area (Å²) in [5.41, 5.74) is 0.713. The first kappa shape index (κ1) is 14.8. The molecule has 2 N–H and O–H groups in total. The number of anilines is 1. The average molecular weight is 277 g/mol. The number of aromatic nitrogens is 1. The van der Waals surface area contributed by atoms with Gasteiger partial charge in [-0.1, -0.05) is 6.07 Å². The Bertz CT molecular complexity index is 445. The first-order chi connectivity index (χ1) is 9.44. The molecule has 0 aromatic carbocycles. The lowest BCUT2D eigenvalue weighted by atomic mass is 9.93. The van der Waals surface area contributed by atoms with E-state index < -0.39 is 11.7 Å². The Kier molecular flexibility index (Phi) is 4.60. The zero-order valence-electron chi connectivity index (χ0n) is 12.4. The topological polar surface area (TPSA) is 63.2 Å². The van der Waals surface area contributed by atoms with Gasteiger partial charge >= 0.3 is 6.09 Å². The summed E-state index contributed by atoms with van der Waals surface area (Å²) in [6, 6.07) is 3.85. The molecule has 0 bridgehead atoms. The van der Waals surface area contributed by atoms with Gasteiger partial charge in [-0.25, -0.2) is 9.78 Å². The van der Waals surface area contributed by atoms with Crippen molar-refractivity contribution >= 4 is 11.9 Å². The summed E-state index contributed by atoms with van der Waals surface area (Å²) >= 11 is 0. The Labute approximate surface area is 120 Å². The number of hydrogen-bond donors (Lipinski definition) is 2. The second-order valence-electron chi connectivity index (χ2n) is 6.15. The summed E-state index contributed by atoms with van der Waals surface area (Å²) in [7, 11) is 0. The number of rotatable bonds is 2. The van der Waals surface area contributed by atoms with Gasteiger partial charge in [0.1, 0.15) is 11.4 Å². The Morgan fingerprint density at radius 1 is 1.45 bits per heavy atom. The monoisotopic (exact) mass is 277 g/mol. The molecule has 1 unspecified atom stereocenters. The van der Waals surface area contributed by atoms with Gasteiger partial charge < -0.3 is 10.1 Å². The van der Waals surface area contributed by atoms with E-state index in [4.69, 9.17) is 4.74 Å². The SMILES string of the molecule is CC(C)(C)OC(=O)Nc1ccc(C2CCCNC2)cn1. The molecule has 1 atom stereocenters. The normalized spacial score (nSPS) is 19.4. The zero-order chi connectivity index (χ0) is 14.6. The molecule has 1 fully saturated rings. The van der Waals surface area contributed by atoms with Gasteiger partial charge in [-0.15, -0.1) is 0 Å². The van der Waals surface area contributed by atoms with Crippen molar-refractivity contribution in [2.24, 2.45) is 0 Å². The fraction of sp³-hybridized carbons (Fsp3) is 0.600. The van der Waals surface area contributed by atoms with Crippen molar-refractivity contribution in [1.29, 1.82) is 0 Å². The lowest BCUT2D eigenvalue weighted by Crippen LogP contribution is -2.28. The highest BCUT2D eigenvalue weighted by Crippen LogP contribution is 2.23. The second kappa shape index (κ2) is 6.22. The minimum Gasteiger partial charge on any atom is -0.444 e. The lowest BCUT2D eigenvalue weighted by Gasteiger charge is -2.23. The summed E-state index contributed by atoms with van der Waals surface area (Å²) in [6.45, 7) is 7.60. The van der Waals surface area contributed by atoms with E-state index in [0.717, 1.165) is 13.1 Å². The maximum absolute atomic E-state index is 11.6. The van der Waals surface area contributed by atoms with Crippen molar-refractivity contribution in [2.45, 2.75) is 45.1 Å². The van der Waals surface area contributed by atoms with E-state index in [0.29, 0.717) is 11.7 Å². The van der Waals surface area contributed by atoms with Crippen molar-refractivity contribution in [3.8, 4) is 0 Å². The van der Waals surface area contributed by atoms with E-state index in [1.54, 1.807) is 0 Å². The standard InChI is InChI=1S/C15H23N3O2/c1-15(2,3)20-14(19)18-13-7-6-12(10-17-13)11-5-4-8-16-9-11/h6-7,10-11,16H,4-5,8-9H2,1-3H3,(H,17,18,19). The van der Waals surface area contributed by atoms with E-state index in [2.05, 4.69) is 15.6 Å². The third-order valence-electron chi connectivity index (χ3n) is 3.18. The van der Waals surface area contributed by atoms with Gasteiger partial charge in [0.25, 0.3) is 0 Å². The zero-order valence-corrected chi connectivity index (χ0v) is 12.4. The van der Waals surface area contributed by atoms with E-state index in [-0.39, 0.29) is 0 Å². The number of amides is 1. The Hall–Kier alpha value is -1.62. The third kappa shape index (κ3) is 4.49. The number of piperidine rings is 1. The molecule has 1 saturated heterocycles. The van der Waals surface area contributed by atoms with E-state index in [1.807, 2.05) is 39.1 Å². The first-order valence-corrected chi connectivity index (χ1v) is 7.11. The van der Waals surface area contributed by atoms with Crippen LogP contribution in [0.15, 0.2) is 18.3 Å². The van der Waals surface area contributed by atoms with Crippen LogP contribution >= 0.6 is 0 Å². The number of ether oxygens (including phenoxy) is 1. The molecule has 0 saturated carbocycles. The molecule has 0 aliphatic carbocycles. The van der Waals surface area contributed by atoms with Crippen LogP contribution in [0.2, 0.25) is 0 Å². The Morgan fingerprint density at radius 2 is 2.25 bits per heavy atom. The fourth-order valence-electron chi connectivity index (χ4n) is 2.27. The van der Waals surface area contributed by atoms with Gasteiger partial charge in [-0.05, 0) is 57.7 Å². The molecule has 1 aliphatic heterocycles. The van der Waals surface area contributed by atoms with Crippen LogP contribution in [-0.4, -0.2) is 29.8 Å². The molecule has 5 nitrogen and oxygen atoms in total. The fourth-order valence-corrected chi connectivity index (χ4v) is 2.27. The Balaban J connectivity index is 1.92. The van der Waals surface area contributed by atoms with Crippen LogP contribution in [0.5, 0.6) is 0 Å². The van der Waals surface area contributed by atoms with Gasteiger partial charge in [-0.3, -0.25) is 5.32 Å². The predicted molar refractivity (Wildman–Crippen MR) is 78.9 cm³/mol. The number of carbonyl (C=O) groups is 1. The van der Waals surface area contributed by atoms with Crippen molar-refractivity contribution in [3.63, 3.8) is 0 Å². The van der Waals surface area contributed by atoms with Gasteiger partial charge in [0, 0.05) is 12.7 Å². The highest BCUT2D eigenvalue weighted by molar-refractivity contribution is 5.83. The minimum atomic E-state index is -0.502. The summed E-state index contributed by atoms with van der Waals surface area (Å²) < 4.78 is 5.19. The van der Waals surface area contributed by atoms with Crippen molar-refractivity contribution in [1.82, 2.24) is 10.3 Å². The van der Waals surface area contributed by atoms with Crippen LogP contribution in [0.1, 0.15) is 45.1 Å². The number of carbonyl (C=O) groups excluding carboxylic acids is 1. The highest BCUT2D eigenvalue weighted by Gasteiger charge is 2.18. The maximum Gasteiger partial charge on any atom is 0.413 e. The molecule has 0 spiro atoms. The number of nitrogens with zero attached hydrogens (tertiary/aromatic N) is 1. The van der Waals surface area contributed by atoms with Gasteiger partial charge in [0.05, 0.1) is 0 Å². The van der Waals surface area contributed by atoms with Crippen LogP contribution in [-0.2, 0) is 4.74 Å². The molecule has 5 heteroatoms. The summed E-state index contributed by atoms with van der Waals surface area (Å²) in [5, 5.41) is 6.03. The average Bonchev–Trinajstić information content (AvgIpc) is 2.38. The maximum atomic E-state index is 11.6. The van der Waals surface area contributed by atoms with Crippen LogP contribution in [0, 0.1) is 0 Å². The smallest absolute Gasteiger partial charge is 0.413 e. The molecule has 110 valence electrons. The molecule has 1 aromatic heterocycles. The van der Waals surface area contributed by atoms with E-state index >= 15 is 0 Å². The van der Waals surface area contributed by atoms with Crippen LogP contribution < -0.4 is 10.6 Å². The highest BCUT2D eigenvalue weighted by atomic mass is 16.6. The number of nitrogens with one attached hydrogen (secondary N) is 2. The van der Waals surface area contributed by atoms with E-state index in [1.165, 1.54) is 18.4 Å². The van der Waals surface area contributed by atoms with Gasteiger partial charge in [0.2, 0.25) is 0 Å². The van der Waals surface area contributed by atoms with Crippen LogP contribution in [0.25, 0.3) is 0 Å². The molecule has 1 aliphatic rings. The lowest BCUT2D eigenvalue weighted by molar-refractivity contribution is 0.0635. The Morgan fingerprint density at radius 3 is 2.80 bits per heavy atom.